The zero-order chi connectivity index (χ0) is 45.3. The van der Waals surface area contributed by atoms with Crippen molar-refractivity contribution in [2.45, 2.75) is 121 Å². The molecule has 2 aromatic heterocycles. The Bertz CT molecular complexity index is 2480. The van der Waals surface area contributed by atoms with Crippen LogP contribution in [0.25, 0.3) is 21.6 Å². The maximum Gasteiger partial charge on any atom is 0.408 e. The number of carbonyl (C=O) groups is 4. The van der Waals surface area contributed by atoms with Crippen molar-refractivity contribution in [2.24, 2.45) is 5.92 Å². The summed E-state index contributed by atoms with van der Waals surface area (Å²) >= 11 is 1.54. The van der Waals surface area contributed by atoms with Gasteiger partial charge in [-0.3, -0.25) is 19.0 Å². The highest BCUT2D eigenvalue weighted by molar-refractivity contribution is 7.87. The minimum Gasteiger partial charge on any atom is -0.459 e. The topological polar surface area (TPSA) is 194 Å². The summed E-state index contributed by atoms with van der Waals surface area (Å²) in [7, 11) is -1.59. The SMILES string of the molecule is CC(C)n1c(O[C@@H]2C[C@H]3C(=O)N[C@]4(C(=O)NS(=O)(=O)N(C)C)C[C@H]4/C=C\CCCCC[C@H](NC(=O)OC(C)(C)C)C(=O)N3C2)nc2c(-c3nc(Cc4ccccc4)cs3)cccc21. The summed E-state index contributed by atoms with van der Waals surface area (Å²) in [5.41, 5.74) is 2.08. The molecule has 1 aliphatic carbocycles. The largest absolute Gasteiger partial charge is 0.459 e. The molecule has 3 aliphatic rings. The van der Waals surface area contributed by atoms with Gasteiger partial charge in [0.25, 0.3) is 11.9 Å². The van der Waals surface area contributed by atoms with Crippen molar-refractivity contribution in [1.29, 1.82) is 0 Å². The molecule has 338 valence electrons. The molecule has 1 saturated heterocycles. The highest BCUT2D eigenvalue weighted by Crippen LogP contribution is 2.46. The molecular weight excluding hydrogens is 845 g/mol. The van der Waals surface area contributed by atoms with Gasteiger partial charge in [0, 0.05) is 49.8 Å². The summed E-state index contributed by atoms with van der Waals surface area (Å²) in [6.45, 7) is 9.20. The Morgan fingerprint density at radius 2 is 1.81 bits per heavy atom. The third-order valence-electron chi connectivity index (χ3n) is 11.5. The van der Waals surface area contributed by atoms with Gasteiger partial charge >= 0.3 is 16.3 Å². The maximum absolute atomic E-state index is 14.7. The normalized spacial score (nSPS) is 23.9. The van der Waals surface area contributed by atoms with Crippen LogP contribution in [0.1, 0.15) is 96.9 Å². The molecule has 16 nitrogen and oxygen atoms in total. The minimum atomic E-state index is -4.19. The molecule has 1 saturated carbocycles. The predicted octanol–water partition coefficient (Wildman–Crippen LogP) is 5.89. The van der Waals surface area contributed by atoms with E-state index in [1.54, 1.807) is 32.1 Å². The number of hydrogen-bond donors (Lipinski definition) is 3. The highest BCUT2D eigenvalue weighted by atomic mass is 32.2. The lowest BCUT2D eigenvalue weighted by Crippen LogP contribution is -2.58. The summed E-state index contributed by atoms with van der Waals surface area (Å²) in [6.07, 6.45) is 6.26. The second-order valence-corrected chi connectivity index (χ2v) is 20.8. The van der Waals surface area contributed by atoms with Crippen LogP contribution < -0.4 is 20.1 Å². The Kier molecular flexibility index (Phi) is 13.4. The first-order chi connectivity index (χ1) is 29.8. The monoisotopic (exact) mass is 902 g/mol. The Labute approximate surface area is 373 Å². The van der Waals surface area contributed by atoms with E-state index in [2.05, 4.69) is 32.9 Å². The highest BCUT2D eigenvalue weighted by Gasteiger charge is 2.62. The zero-order valence-electron chi connectivity index (χ0n) is 36.9. The van der Waals surface area contributed by atoms with Crippen molar-refractivity contribution < 1.29 is 37.1 Å². The molecule has 5 atom stereocenters. The fraction of sp³-hybridized carbons (Fsp3) is 0.511. The summed E-state index contributed by atoms with van der Waals surface area (Å²) < 4.78 is 42.9. The second-order valence-electron chi connectivity index (χ2n) is 18.1. The summed E-state index contributed by atoms with van der Waals surface area (Å²) in [6, 6.07) is 14.1. The van der Waals surface area contributed by atoms with Gasteiger partial charge in [-0.15, -0.1) is 11.3 Å². The van der Waals surface area contributed by atoms with Crippen LogP contribution in [0.2, 0.25) is 0 Å². The number of thiazole rings is 1. The molecule has 63 heavy (non-hydrogen) atoms. The van der Waals surface area contributed by atoms with E-state index in [0.29, 0.717) is 37.2 Å². The van der Waals surface area contributed by atoms with Crippen molar-refractivity contribution in [3.8, 4) is 16.6 Å². The number of nitrogens with zero attached hydrogens (tertiary/aromatic N) is 5. The van der Waals surface area contributed by atoms with Gasteiger partial charge in [0.15, 0.2) is 0 Å². The average Bonchev–Trinajstić information content (AvgIpc) is 3.53. The molecule has 18 heteroatoms. The molecule has 2 fully saturated rings. The van der Waals surface area contributed by atoms with E-state index < -0.39 is 69.3 Å². The van der Waals surface area contributed by atoms with Gasteiger partial charge in [-0.25, -0.2) is 14.5 Å². The standard InChI is InChI=1S/C45H58N8O8S2/c1-28(2)53-35-22-16-20-33(39-46-31(27-62-39)23-29-17-12-11-13-18-29)37(35)48-42(53)60-32-24-36-38(54)49-45(41(56)50-63(58,59)51(6)7)25-30(45)19-14-9-8-10-15-21-34(40(55)52(36)26-32)47-43(57)61-44(3,4)5/h11-14,16-20,22,27-28,30,32,34,36H,8-10,15,21,23-26H2,1-7H3,(H,47,57)(H,49,54)(H,50,56)/b19-14-/t30-,32-,34+,36+,45-/m1/s1. The van der Waals surface area contributed by atoms with Crippen molar-refractivity contribution in [3.63, 3.8) is 0 Å². The number of amides is 4. The van der Waals surface area contributed by atoms with E-state index in [9.17, 15) is 27.6 Å². The van der Waals surface area contributed by atoms with E-state index in [4.69, 9.17) is 19.4 Å². The molecule has 7 rings (SSSR count). The summed E-state index contributed by atoms with van der Waals surface area (Å²) in [5.74, 6) is -2.50. The van der Waals surface area contributed by atoms with Crippen LogP contribution in [-0.4, -0.2) is 106 Å². The van der Waals surface area contributed by atoms with Crippen LogP contribution in [0.5, 0.6) is 6.01 Å². The van der Waals surface area contributed by atoms with E-state index in [1.807, 2.05) is 67.0 Å². The number of hydrogen-bond acceptors (Lipinski definition) is 11. The molecule has 0 bridgehead atoms. The number of nitrogens with one attached hydrogen (secondary N) is 3. The zero-order valence-corrected chi connectivity index (χ0v) is 38.6. The summed E-state index contributed by atoms with van der Waals surface area (Å²) in [5, 5.41) is 8.52. The van der Waals surface area contributed by atoms with Crippen molar-refractivity contribution in [2.75, 3.05) is 20.6 Å². The van der Waals surface area contributed by atoms with Crippen LogP contribution in [-0.2, 0) is 35.8 Å². The average molecular weight is 903 g/mol. The van der Waals surface area contributed by atoms with E-state index in [-0.39, 0.29) is 25.4 Å². The lowest BCUT2D eigenvalue weighted by molar-refractivity contribution is -0.141. The predicted molar refractivity (Wildman–Crippen MR) is 240 cm³/mol. The Balaban J connectivity index is 1.21. The van der Waals surface area contributed by atoms with Crippen LogP contribution in [0.3, 0.4) is 0 Å². The third kappa shape index (κ3) is 10.4. The van der Waals surface area contributed by atoms with Gasteiger partial charge in [0.1, 0.15) is 39.9 Å². The van der Waals surface area contributed by atoms with Gasteiger partial charge in [0.2, 0.25) is 11.8 Å². The second kappa shape index (κ2) is 18.4. The van der Waals surface area contributed by atoms with Crippen molar-refractivity contribution >= 4 is 56.4 Å². The van der Waals surface area contributed by atoms with Crippen LogP contribution >= 0.6 is 11.3 Å². The molecule has 2 aliphatic heterocycles. The van der Waals surface area contributed by atoms with Crippen LogP contribution in [0.15, 0.2) is 66.1 Å². The van der Waals surface area contributed by atoms with Gasteiger partial charge in [-0.1, -0.05) is 61.4 Å². The van der Waals surface area contributed by atoms with Gasteiger partial charge < -0.3 is 25.0 Å². The smallest absolute Gasteiger partial charge is 0.408 e. The van der Waals surface area contributed by atoms with E-state index >= 15 is 0 Å². The summed E-state index contributed by atoms with van der Waals surface area (Å²) in [4.78, 5) is 67.7. The third-order valence-corrected chi connectivity index (χ3v) is 13.9. The molecule has 3 N–H and O–H groups in total. The number of para-hydroxylation sites is 1. The molecule has 0 radical (unpaired) electrons. The number of rotatable bonds is 10. The molecule has 4 heterocycles. The lowest BCUT2D eigenvalue weighted by atomic mass is 10.0. The molecule has 4 amide bonds. The fourth-order valence-corrected chi connectivity index (χ4v) is 9.68. The Morgan fingerprint density at radius 1 is 1.05 bits per heavy atom. The minimum absolute atomic E-state index is 0.0222. The quantitative estimate of drug-likeness (QED) is 0.162. The molecule has 2 aromatic carbocycles. The molecule has 4 aromatic rings. The van der Waals surface area contributed by atoms with Gasteiger partial charge in [0.05, 0.1) is 17.8 Å². The number of allylic oxidation sites excluding steroid dienone is 1. The number of fused-ring (bicyclic) bond motifs is 3. The van der Waals surface area contributed by atoms with E-state index in [1.165, 1.54) is 19.0 Å². The Hall–Kier alpha value is -5.33. The Morgan fingerprint density at radius 3 is 2.52 bits per heavy atom. The fourth-order valence-electron chi connectivity index (χ4n) is 8.23. The lowest BCUT2D eigenvalue weighted by Gasteiger charge is -2.30. The molecule has 0 spiro atoms. The first-order valence-electron chi connectivity index (χ1n) is 21.5. The number of benzene rings is 2. The number of imidazole rings is 1. The molecule has 0 unspecified atom stereocenters. The van der Waals surface area contributed by atoms with Crippen LogP contribution in [0.4, 0.5) is 4.79 Å². The van der Waals surface area contributed by atoms with Gasteiger partial charge in [-0.05, 0) is 78.0 Å². The molecular formula is C45H58N8O8S2. The van der Waals surface area contributed by atoms with Crippen LogP contribution in [0, 0.1) is 5.92 Å². The van der Waals surface area contributed by atoms with Crippen molar-refractivity contribution in [1.82, 2.24) is 39.1 Å². The van der Waals surface area contributed by atoms with Crippen molar-refractivity contribution in [3.05, 3.63) is 77.3 Å². The number of carbonyl (C=O) groups excluding carboxylic acids is 4. The number of ether oxygens (including phenoxy) is 2. The first kappa shape index (κ1) is 45.7. The van der Waals surface area contributed by atoms with E-state index in [0.717, 1.165) is 44.5 Å². The number of aromatic nitrogens is 3. The number of alkyl carbamates (subject to hydrolysis) is 1. The maximum atomic E-state index is 14.7. The first-order valence-corrected chi connectivity index (χ1v) is 23.9. The van der Waals surface area contributed by atoms with Gasteiger partial charge in [-0.2, -0.15) is 17.7 Å².